The number of aromatic nitrogens is 2. The first-order valence-electron chi connectivity index (χ1n) is 8.36. The maximum absolute atomic E-state index is 12.6. The van der Waals surface area contributed by atoms with Crippen LogP contribution < -0.4 is 10.9 Å². The van der Waals surface area contributed by atoms with Crippen LogP contribution in [0.4, 0.5) is 0 Å². The van der Waals surface area contributed by atoms with Crippen molar-refractivity contribution < 1.29 is 4.79 Å². The van der Waals surface area contributed by atoms with Gasteiger partial charge in [0, 0.05) is 18.9 Å². The Bertz CT molecular complexity index is 1190. The van der Waals surface area contributed by atoms with E-state index >= 15 is 0 Å². The van der Waals surface area contributed by atoms with Gasteiger partial charge in [-0.05, 0) is 41.0 Å². The molecule has 128 valence electrons. The Labute approximate surface area is 149 Å². The van der Waals surface area contributed by atoms with Gasteiger partial charge < -0.3 is 5.32 Å². The van der Waals surface area contributed by atoms with E-state index in [1.807, 2.05) is 55.5 Å². The van der Waals surface area contributed by atoms with Crippen LogP contribution >= 0.6 is 0 Å². The molecule has 2 aromatic heterocycles. The first-order chi connectivity index (χ1) is 12.6. The number of aryl methyl sites for hydroxylation is 1. The number of carbonyl (C=O) groups excluding carboxylic acids is 1. The van der Waals surface area contributed by atoms with Gasteiger partial charge >= 0.3 is 0 Å². The summed E-state index contributed by atoms with van der Waals surface area (Å²) in [7, 11) is 0. The second kappa shape index (κ2) is 6.44. The van der Waals surface area contributed by atoms with Gasteiger partial charge in [0.1, 0.15) is 11.2 Å². The van der Waals surface area contributed by atoms with Gasteiger partial charge in [-0.1, -0.05) is 42.5 Å². The van der Waals surface area contributed by atoms with Crippen molar-refractivity contribution in [2.75, 3.05) is 0 Å². The third kappa shape index (κ3) is 2.95. The molecule has 2 heterocycles. The molecule has 0 radical (unpaired) electrons. The standard InChI is InChI=1S/C21H17N3O2/c1-14-6-9-19-22-12-18(21(26)24(19)13-14)20(25)23-11-15-7-8-16-4-2-3-5-17(16)10-15/h2-10,12-13H,11H2,1H3,(H,23,25). The smallest absolute Gasteiger partial charge is 0.270 e. The summed E-state index contributed by atoms with van der Waals surface area (Å²) in [6.45, 7) is 2.23. The highest BCUT2D eigenvalue weighted by atomic mass is 16.2. The number of carbonyl (C=O) groups is 1. The summed E-state index contributed by atoms with van der Waals surface area (Å²) in [5.41, 5.74) is 2.09. The van der Waals surface area contributed by atoms with Gasteiger partial charge in [-0.15, -0.1) is 0 Å². The van der Waals surface area contributed by atoms with Gasteiger partial charge in [0.15, 0.2) is 0 Å². The number of pyridine rings is 1. The highest BCUT2D eigenvalue weighted by molar-refractivity contribution is 5.93. The van der Waals surface area contributed by atoms with Crippen LogP contribution in [0.25, 0.3) is 16.4 Å². The molecule has 0 atom stereocenters. The topological polar surface area (TPSA) is 63.5 Å². The molecule has 0 aliphatic rings. The van der Waals surface area contributed by atoms with Gasteiger partial charge in [-0.2, -0.15) is 0 Å². The Balaban J connectivity index is 1.58. The van der Waals surface area contributed by atoms with Crippen molar-refractivity contribution in [3.8, 4) is 0 Å². The molecule has 5 heteroatoms. The molecule has 1 N–H and O–H groups in total. The normalized spacial score (nSPS) is 11.0. The van der Waals surface area contributed by atoms with Crippen LogP contribution in [0.1, 0.15) is 21.5 Å². The van der Waals surface area contributed by atoms with E-state index in [2.05, 4.69) is 10.3 Å². The van der Waals surface area contributed by atoms with Gasteiger partial charge in [0.05, 0.1) is 0 Å². The van der Waals surface area contributed by atoms with Gasteiger partial charge in [-0.3, -0.25) is 14.0 Å². The second-order valence-corrected chi connectivity index (χ2v) is 6.28. The number of rotatable bonds is 3. The van der Waals surface area contributed by atoms with Crippen LogP contribution in [-0.4, -0.2) is 15.3 Å². The molecular formula is C21H17N3O2. The second-order valence-electron chi connectivity index (χ2n) is 6.28. The van der Waals surface area contributed by atoms with E-state index in [-0.39, 0.29) is 11.1 Å². The molecular weight excluding hydrogens is 326 g/mol. The maximum atomic E-state index is 12.6. The van der Waals surface area contributed by atoms with Crippen molar-refractivity contribution in [3.63, 3.8) is 0 Å². The lowest BCUT2D eigenvalue weighted by Gasteiger charge is -2.08. The quantitative estimate of drug-likeness (QED) is 0.622. The van der Waals surface area contributed by atoms with Crippen LogP contribution in [0.5, 0.6) is 0 Å². The lowest BCUT2D eigenvalue weighted by atomic mass is 10.1. The van der Waals surface area contributed by atoms with Crippen molar-refractivity contribution in [2.45, 2.75) is 13.5 Å². The van der Waals surface area contributed by atoms with Crippen LogP contribution in [-0.2, 0) is 6.54 Å². The molecule has 5 nitrogen and oxygen atoms in total. The molecule has 2 aromatic carbocycles. The monoisotopic (exact) mass is 343 g/mol. The van der Waals surface area contributed by atoms with E-state index in [0.29, 0.717) is 12.2 Å². The number of hydrogen-bond acceptors (Lipinski definition) is 3. The molecule has 0 fully saturated rings. The minimum atomic E-state index is -0.424. The third-order valence-electron chi connectivity index (χ3n) is 4.36. The maximum Gasteiger partial charge on any atom is 0.270 e. The van der Waals surface area contributed by atoms with Crippen molar-refractivity contribution >= 4 is 22.3 Å². The molecule has 0 aliphatic heterocycles. The predicted molar refractivity (Wildman–Crippen MR) is 101 cm³/mol. The zero-order valence-electron chi connectivity index (χ0n) is 14.3. The zero-order chi connectivity index (χ0) is 18.1. The number of nitrogens with zero attached hydrogens (tertiary/aromatic N) is 2. The van der Waals surface area contributed by atoms with Crippen LogP contribution in [0.3, 0.4) is 0 Å². The van der Waals surface area contributed by atoms with Crippen molar-refractivity contribution in [3.05, 3.63) is 94.0 Å². The molecule has 0 unspecified atom stereocenters. The van der Waals surface area contributed by atoms with Gasteiger partial charge in [0.2, 0.25) is 0 Å². The Hall–Kier alpha value is -3.47. The molecule has 0 saturated carbocycles. The average Bonchev–Trinajstić information content (AvgIpc) is 2.66. The molecule has 26 heavy (non-hydrogen) atoms. The fourth-order valence-electron chi connectivity index (χ4n) is 2.96. The number of amides is 1. The largest absolute Gasteiger partial charge is 0.348 e. The van der Waals surface area contributed by atoms with Crippen LogP contribution in [0.2, 0.25) is 0 Å². The van der Waals surface area contributed by atoms with Crippen molar-refractivity contribution in [1.29, 1.82) is 0 Å². The van der Waals surface area contributed by atoms with Crippen LogP contribution in [0, 0.1) is 6.92 Å². The summed E-state index contributed by atoms with van der Waals surface area (Å²) in [4.78, 5) is 29.2. The SMILES string of the molecule is Cc1ccc2ncc(C(=O)NCc3ccc4ccccc4c3)c(=O)n2c1. The summed E-state index contributed by atoms with van der Waals surface area (Å²) in [5.74, 6) is -0.424. The molecule has 4 aromatic rings. The Morgan fingerprint density at radius 3 is 2.73 bits per heavy atom. The molecule has 0 saturated heterocycles. The molecule has 1 amide bonds. The summed E-state index contributed by atoms with van der Waals surface area (Å²) in [6, 6.07) is 17.7. The number of benzene rings is 2. The van der Waals surface area contributed by atoms with E-state index in [4.69, 9.17) is 0 Å². The fraction of sp³-hybridized carbons (Fsp3) is 0.0952. The lowest BCUT2D eigenvalue weighted by molar-refractivity contribution is 0.0949. The molecule has 4 rings (SSSR count). The van der Waals surface area contributed by atoms with E-state index in [1.54, 1.807) is 12.3 Å². The molecule has 0 spiro atoms. The molecule has 0 bridgehead atoms. The minimum absolute atomic E-state index is 0.0360. The Morgan fingerprint density at radius 2 is 1.88 bits per heavy atom. The number of hydrogen-bond donors (Lipinski definition) is 1. The predicted octanol–water partition coefficient (Wildman–Crippen LogP) is 3.09. The number of nitrogens with one attached hydrogen (secondary N) is 1. The Morgan fingerprint density at radius 1 is 1.08 bits per heavy atom. The van der Waals surface area contributed by atoms with Crippen molar-refractivity contribution in [2.24, 2.45) is 0 Å². The van der Waals surface area contributed by atoms with E-state index in [9.17, 15) is 9.59 Å². The lowest BCUT2D eigenvalue weighted by Crippen LogP contribution is -2.31. The summed E-state index contributed by atoms with van der Waals surface area (Å²) in [6.07, 6.45) is 3.02. The summed E-state index contributed by atoms with van der Waals surface area (Å²) < 4.78 is 1.40. The average molecular weight is 343 g/mol. The highest BCUT2D eigenvalue weighted by Crippen LogP contribution is 2.15. The van der Waals surface area contributed by atoms with Gasteiger partial charge in [0.25, 0.3) is 11.5 Å². The van der Waals surface area contributed by atoms with Crippen molar-refractivity contribution in [1.82, 2.24) is 14.7 Å². The first kappa shape index (κ1) is 16.0. The molecule has 0 aliphatic carbocycles. The van der Waals surface area contributed by atoms with E-state index in [0.717, 1.165) is 21.9 Å². The Kier molecular flexibility index (Phi) is 3.97. The minimum Gasteiger partial charge on any atom is -0.348 e. The van der Waals surface area contributed by atoms with Crippen LogP contribution in [0.15, 0.2) is 71.8 Å². The highest BCUT2D eigenvalue weighted by Gasteiger charge is 2.13. The van der Waals surface area contributed by atoms with E-state index in [1.165, 1.54) is 10.6 Å². The summed E-state index contributed by atoms with van der Waals surface area (Å²) in [5, 5.41) is 5.07. The first-order valence-corrected chi connectivity index (χ1v) is 8.36. The van der Waals surface area contributed by atoms with Gasteiger partial charge in [-0.25, -0.2) is 4.98 Å². The summed E-state index contributed by atoms with van der Waals surface area (Å²) >= 11 is 0. The third-order valence-corrected chi connectivity index (χ3v) is 4.36. The fourth-order valence-corrected chi connectivity index (χ4v) is 2.96. The van der Waals surface area contributed by atoms with E-state index < -0.39 is 5.91 Å². The number of fused-ring (bicyclic) bond motifs is 2. The zero-order valence-corrected chi connectivity index (χ0v) is 14.3.